The van der Waals surface area contributed by atoms with Crippen molar-refractivity contribution in [3.63, 3.8) is 0 Å². The zero-order valence-corrected chi connectivity index (χ0v) is 12.1. The zero-order chi connectivity index (χ0) is 15.5. The molecule has 1 saturated carbocycles. The maximum absolute atomic E-state index is 11.9. The Bertz CT molecular complexity index is 523. The summed E-state index contributed by atoms with van der Waals surface area (Å²) in [4.78, 5) is 23.2. The topological polar surface area (TPSA) is 84.9 Å². The fourth-order valence-corrected chi connectivity index (χ4v) is 2.14. The van der Waals surface area contributed by atoms with Crippen molar-refractivity contribution in [1.82, 2.24) is 5.32 Å². The maximum Gasteiger partial charge on any atom is 0.329 e. The minimum atomic E-state index is -1.21. The number of ether oxygens (including phenoxy) is 2. The van der Waals surface area contributed by atoms with Crippen LogP contribution in [0.2, 0.25) is 0 Å². The van der Waals surface area contributed by atoms with Crippen LogP contribution in [0.3, 0.4) is 0 Å². The molecule has 21 heavy (non-hydrogen) atoms. The highest BCUT2D eigenvalue weighted by Gasteiger charge is 2.48. The Kier molecular flexibility index (Phi) is 4.35. The molecule has 0 aliphatic heterocycles. The van der Waals surface area contributed by atoms with E-state index in [9.17, 15) is 14.7 Å². The third-order valence-corrected chi connectivity index (χ3v) is 3.67. The van der Waals surface area contributed by atoms with E-state index in [2.05, 4.69) is 5.32 Å². The lowest BCUT2D eigenvalue weighted by Crippen LogP contribution is -2.55. The summed E-state index contributed by atoms with van der Waals surface area (Å²) >= 11 is 0. The van der Waals surface area contributed by atoms with Crippen LogP contribution in [0.4, 0.5) is 0 Å². The first kappa shape index (κ1) is 15.2. The molecule has 0 saturated heterocycles. The van der Waals surface area contributed by atoms with Gasteiger partial charge in [0.2, 0.25) is 0 Å². The first-order chi connectivity index (χ1) is 9.95. The second kappa shape index (κ2) is 6.03. The number of carboxylic acid groups (broad SMARTS) is 1. The van der Waals surface area contributed by atoms with Gasteiger partial charge in [-0.05, 0) is 49.9 Å². The Balaban J connectivity index is 1.87. The Morgan fingerprint density at radius 2 is 1.86 bits per heavy atom. The first-order valence-electron chi connectivity index (χ1n) is 6.77. The van der Waals surface area contributed by atoms with Crippen molar-refractivity contribution >= 4 is 11.9 Å². The van der Waals surface area contributed by atoms with Gasteiger partial charge >= 0.3 is 5.97 Å². The lowest BCUT2D eigenvalue weighted by atomic mass is 9.96. The molecular formula is C15H19NO5. The Morgan fingerprint density at radius 1 is 1.29 bits per heavy atom. The summed E-state index contributed by atoms with van der Waals surface area (Å²) in [5, 5.41) is 11.8. The molecule has 1 aliphatic carbocycles. The van der Waals surface area contributed by atoms with Gasteiger partial charge in [0.25, 0.3) is 5.91 Å². The van der Waals surface area contributed by atoms with Crippen molar-refractivity contribution < 1.29 is 24.2 Å². The number of benzene rings is 1. The van der Waals surface area contributed by atoms with Crippen LogP contribution in [0, 0.1) is 5.92 Å². The van der Waals surface area contributed by atoms with Gasteiger partial charge in [-0.3, -0.25) is 4.79 Å². The molecule has 2 N–H and O–H groups in total. The maximum atomic E-state index is 11.9. The third kappa shape index (κ3) is 3.65. The summed E-state index contributed by atoms with van der Waals surface area (Å²) < 4.78 is 10.4. The van der Waals surface area contributed by atoms with Gasteiger partial charge in [0.05, 0.1) is 7.11 Å². The van der Waals surface area contributed by atoms with Crippen LogP contribution in [0.1, 0.15) is 19.8 Å². The molecule has 0 spiro atoms. The van der Waals surface area contributed by atoms with Crippen molar-refractivity contribution in [2.24, 2.45) is 5.92 Å². The van der Waals surface area contributed by atoms with E-state index in [1.54, 1.807) is 31.4 Å². The number of carboxylic acids is 1. The number of rotatable bonds is 7. The molecular weight excluding hydrogens is 274 g/mol. The molecule has 1 aliphatic rings. The zero-order valence-electron chi connectivity index (χ0n) is 12.1. The first-order valence-corrected chi connectivity index (χ1v) is 6.77. The molecule has 2 rings (SSSR count). The normalized spacial score (nSPS) is 16.7. The number of hydrogen-bond donors (Lipinski definition) is 2. The van der Waals surface area contributed by atoms with Crippen LogP contribution in [0.25, 0.3) is 0 Å². The minimum Gasteiger partial charge on any atom is -0.497 e. The fraction of sp³-hybridized carbons (Fsp3) is 0.467. The predicted molar refractivity (Wildman–Crippen MR) is 75.4 cm³/mol. The Hall–Kier alpha value is -2.24. The van der Waals surface area contributed by atoms with Gasteiger partial charge in [-0.15, -0.1) is 0 Å². The number of aliphatic carboxylic acids is 1. The molecule has 1 atom stereocenters. The summed E-state index contributed by atoms with van der Waals surface area (Å²) in [7, 11) is 1.56. The summed E-state index contributed by atoms with van der Waals surface area (Å²) in [5.41, 5.74) is -1.21. The number of hydrogen-bond acceptors (Lipinski definition) is 4. The van der Waals surface area contributed by atoms with Gasteiger partial charge in [-0.2, -0.15) is 0 Å². The summed E-state index contributed by atoms with van der Waals surface area (Å²) in [6.45, 7) is 1.32. The van der Waals surface area contributed by atoms with Crippen LogP contribution in [-0.4, -0.2) is 36.2 Å². The quantitative estimate of drug-likeness (QED) is 0.794. The molecule has 0 aromatic heterocycles. The predicted octanol–water partition coefficient (Wildman–Crippen LogP) is 1.44. The van der Waals surface area contributed by atoms with E-state index in [4.69, 9.17) is 9.47 Å². The second-order valence-electron chi connectivity index (χ2n) is 5.29. The van der Waals surface area contributed by atoms with E-state index < -0.39 is 17.4 Å². The summed E-state index contributed by atoms with van der Waals surface area (Å²) in [5.74, 6) is -0.237. The summed E-state index contributed by atoms with van der Waals surface area (Å²) in [6.07, 6.45) is 1.64. The number of nitrogens with one attached hydrogen (secondary N) is 1. The second-order valence-corrected chi connectivity index (χ2v) is 5.29. The van der Waals surface area contributed by atoms with Crippen molar-refractivity contribution in [1.29, 1.82) is 0 Å². The van der Waals surface area contributed by atoms with E-state index in [-0.39, 0.29) is 12.5 Å². The van der Waals surface area contributed by atoms with Crippen LogP contribution in [-0.2, 0) is 9.59 Å². The van der Waals surface area contributed by atoms with E-state index in [1.807, 2.05) is 0 Å². The molecule has 0 radical (unpaired) electrons. The third-order valence-electron chi connectivity index (χ3n) is 3.67. The van der Waals surface area contributed by atoms with Gasteiger partial charge in [0, 0.05) is 0 Å². The van der Waals surface area contributed by atoms with Gasteiger partial charge in [0.1, 0.15) is 17.0 Å². The minimum absolute atomic E-state index is 0.0000589. The standard InChI is InChI=1S/C15H19NO5/c1-15(14(18)19,10-3-4-10)16-13(17)9-21-12-7-5-11(20-2)6-8-12/h5-8,10H,3-4,9H2,1-2H3,(H,16,17)(H,18,19). The van der Waals surface area contributed by atoms with Crippen LogP contribution in [0.15, 0.2) is 24.3 Å². The highest BCUT2D eigenvalue weighted by Crippen LogP contribution is 2.39. The van der Waals surface area contributed by atoms with E-state index in [0.717, 1.165) is 12.8 Å². The van der Waals surface area contributed by atoms with Crippen LogP contribution in [0.5, 0.6) is 11.5 Å². The van der Waals surface area contributed by atoms with Crippen molar-refractivity contribution in [2.75, 3.05) is 13.7 Å². The average Bonchev–Trinajstić information content (AvgIpc) is 3.30. The van der Waals surface area contributed by atoms with E-state index in [1.165, 1.54) is 6.92 Å². The molecule has 114 valence electrons. The Morgan fingerprint density at radius 3 is 2.33 bits per heavy atom. The van der Waals surface area contributed by atoms with Crippen LogP contribution >= 0.6 is 0 Å². The van der Waals surface area contributed by atoms with E-state index >= 15 is 0 Å². The molecule has 6 nitrogen and oxygen atoms in total. The lowest BCUT2D eigenvalue weighted by Gasteiger charge is -2.26. The smallest absolute Gasteiger partial charge is 0.329 e. The van der Waals surface area contributed by atoms with Gasteiger partial charge in [-0.25, -0.2) is 4.79 Å². The number of carbonyl (C=O) groups excluding carboxylic acids is 1. The SMILES string of the molecule is COc1ccc(OCC(=O)NC(C)(C(=O)O)C2CC2)cc1. The number of methoxy groups -OCH3 is 1. The molecule has 0 heterocycles. The molecule has 1 amide bonds. The van der Waals surface area contributed by atoms with Crippen LogP contribution < -0.4 is 14.8 Å². The van der Waals surface area contributed by atoms with Gasteiger partial charge in [-0.1, -0.05) is 0 Å². The van der Waals surface area contributed by atoms with Gasteiger partial charge < -0.3 is 19.9 Å². The van der Waals surface area contributed by atoms with Crippen molar-refractivity contribution in [2.45, 2.75) is 25.3 Å². The molecule has 6 heteroatoms. The number of carbonyl (C=O) groups is 2. The molecule has 1 fully saturated rings. The average molecular weight is 293 g/mol. The van der Waals surface area contributed by atoms with Crippen molar-refractivity contribution in [3.05, 3.63) is 24.3 Å². The molecule has 1 unspecified atom stereocenters. The molecule has 1 aromatic rings. The molecule has 0 bridgehead atoms. The monoisotopic (exact) mass is 293 g/mol. The van der Waals surface area contributed by atoms with Crippen molar-refractivity contribution in [3.8, 4) is 11.5 Å². The van der Waals surface area contributed by atoms with Gasteiger partial charge in [0.15, 0.2) is 6.61 Å². The number of amides is 1. The van der Waals surface area contributed by atoms with E-state index in [0.29, 0.717) is 11.5 Å². The molecule has 1 aromatic carbocycles. The summed E-state index contributed by atoms with van der Waals surface area (Å²) in [6, 6.07) is 6.81. The largest absolute Gasteiger partial charge is 0.497 e. The Labute approximate surface area is 123 Å². The fourth-order valence-electron chi connectivity index (χ4n) is 2.14. The highest BCUT2D eigenvalue weighted by atomic mass is 16.5. The highest BCUT2D eigenvalue weighted by molar-refractivity contribution is 5.88. The lowest BCUT2D eigenvalue weighted by molar-refractivity contribution is -0.148.